The van der Waals surface area contributed by atoms with E-state index in [9.17, 15) is 4.79 Å². The Morgan fingerprint density at radius 1 is 1.37 bits per heavy atom. The van der Waals surface area contributed by atoms with Crippen LogP contribution < -0.4 is 16.4 Å². The SMILES string of the molecule is CN=C(N)NCCC[C@@H](Cc1nc2ccccc2s1)NC(=O)OC(C)(C)C. The molecule has 0 spiro atoms. The molecular formula is C19H29N5O2S. The zero-order valence-corrected chi connectivity index (χ0v) is 17.2. The first-order chi connectivity index (χ1) is 12.8. The van der Waals surface area contributed by atoms with Gasteiger partial charge in [-0.15, -0.1) is 11.3 Å². The summed E-state index contributed by atoms with van der Waals surface area (Å²) in [6.07, 6.45) is 1.87. The lowest BCUT2D eigenvalue weighted by molar-refractivity contribution is 0.0501. The molecule has 1 atom stereocenters. The lowest BCUT2D eigenvalue weighted by Gasteiger charge is -2.23. The standard InChI is InChI=1S/C19H29N5O2S/c1-19(2,3)26-18(25)23-13(8-7-11-22-17(20)21-4)12-16-24-14-9-5-6-10-15(14)27-16/h5-6,9-10,13H,7-8,11-12H2,1-4H3,(H,23,25)(H3,20,21,22)/t13-/m0/s1. The molecule has 1 aromatic carbocycles. The van der Waals surface area contributed by atoms with Gasteiger partial charge in [0.25, 0.3) is 0 Å². The molecule has 0 aliphatic carbocycles. The second kappa shape index (κ2) is 9.55. The number of thiazole rings is 1. The number of para-hydroxylation sites is 1. The summed E-state index contributed by atoms with van der Waals surface area (Å²) in [5.41, 5.74) is 6.11. The molecule has 2 aromatic rings. The van der Waals surface area contributed by atoms with Crippen molar-refractivity contribution < 1.29 is 9.53 Å². The lowest BCUT2D eigenvalue weighted by atomic mass is 10.1. The third-order valence-electron chi connectivity index (χ3n) is 3.76. The fourth-order valence-electron chi connectivity index (χ4n) is 2.56. The van der Waals surface area contributed by atoms with Gasteiger partial charge in [-0.25, -0.2) is 9.78 Å². The van der Waals surface area contributed by atoms with Gasteiger partial charge < -0.3 is 21.1 Å². The largest absolute Gasteiger partial charge is 0.444 e. The van der Waals surface area contributed by atoms with Crippen LogP contribution in [0.1, 0.15) is 38.6 Å². The molecule has 0 saturated carbocycles. The van der Waals surface area contributed by atoms with E-state index in [1.165, 1.54) is 0 Å². The predicted molar refractivity (Wildman–Crippen MR) is 111 cm³/mol. The molecule has 0 radical (unpaired) electrons. The van der Waals surface area contributed by atoms with E-state index in [-0.39, 0.29) is 6.04 Å². The molecule has 1 amide bonds. The van der Waals surface area contributed by atoms with Gasteiger partial charge in [-0.2, -0.15) is 0 Å². The van der Waals surface area contributed by atoms with Gasteiger partial charge in [0.1, 0.15) is 5.60 Å². The third kappa shape index (κ3) is 7.42. The minimum Gasteiger partial charge on any atom is -0.444 e. The number of aromatic nitrogens is 1. The highest BCUT2D eigenvalue weighted by Gasteiger charge is 2.20. The number of alkyl carbamates (subject to hydrolysis) is 1. The number of amides is 1. The van der Waals surface area contributed by atoms with Crippen molar-refractivity contribution in [1.82, 2.24) is 15.6 Å². The second-order valence-corrected chi connectivity index (χ2v) is 8.42. The summed E-state index contributed by atoms with van der Waals surface area (Å²) in [5, 5.41) is 7.02. The Balaban J connectivity index is 2.00. The molecule has 7 nitrogen and oxygen atoms in total. The van der Waals surface area contributed by atoms with Crippen LogP contribution in [0.5, 0.6) is 0 Å². The van der Waals surface area contributed by atoms with Crippen LogP contribution in [-0.2, 0) is 11.2 Å². The van der Waals surface area contributed by atoms with Gasteiger partial charge in [0.05, 0.1) is 15.2 Å². The van der Waals surface area contributed by atoms with Crippen molar-refractivity contribution in [2.75, 3.05) is 13.6 Å². The van der Waals surface area contributed by atoms with Gasteiger partial charge in [0, 0.05) is 26.1 Å². The molecule has 148 valence electrons. The Hall–Kier alpha value is -2.35. The Bertz CT molecular complexity index is 749. The Morgan fingerprint density at radius 2 is 2.11 bits per heavy atom. The molecule has 0 bridgehead atoms. The van der Waals surface area contributed by atoms with E-state index < -0.39 is 11.7 Å². The first-order valence-electron chi connectivity index (χ1n) is 9.07. The van der Waals surface area contributed by atoms with Crippen LogP contribution in [-0.4, -0.2) is 42.3 Å². The summed E-state index contributed by atoms with van der Waals surface area (Å²) in [6.45, 7) is 6.25. The highest BCUT2D eigenvalue weighted by molar-refractivity contribution is 7.18. The number of nitrogens with zero attached hydrogens (tertiary/aromatic N) is 2. The van der Waals surface area contributed by atoms with Crippen molar-refractivity contribution in [1.29, 1.82) is 0 Å². The molecule has 4 N–H and O–H groups in total. The molecule has 0 unspecified atom stereocenters. The third-order valence-corrected chi connectivity index (χ3v) is 4.82. The van der Waals surface area contributed by atoms with Crippen LogP contribution in [0.2, 0.25) is 0 Å². The molecule has 0 aliphatic heterocycles. The van der Waals surface area contributed by atoms with E-state index in [0.717, 1.165) is 28.1 Å². The molecule has 1 heterocycles. The van der Waals surface area contributed by atoms with E-state index >= 15 is 0 Å². The Kier molecular flexibility index (Phi) is 7.41. The van der Waals surface area contributed by atoms with Crippen molar-refractivity contribution >= 4 is 33.6 Å². The first-order valence-corrected chi connectivity index (χ1v) is 9.88. The minimum absolute atomic E-state index is 0.0676. The highest BCUT2D eigenvalue weighted by Crippen LogP contribution is 2.23. The van der Waals surface area contributed by atoms with Crippen LogP contribution in [0.15, 0.2) is 29.3 Å². The molecule has 8 heteroatoms. The van der Waals surface area contributed by atoms with Crippen LogP contribution in [0.4, 0.5) is 4.79 Å². The zero-order valence-electron chi connectivity index (χ0n) is 16.4. The fraction of sp³-hybridized carbons (Fsp3) is 0.526. The molecule has 0 aliphatic rings. The van der Waals surface area contributed by atoms with Crippen LogP contribution in [0.3, 0.4) is 0 Å². The number of hydrogen-bond acceptors (Lipinski definition) is 5. The molecule has 1 aromatic heterocycles. The monoisotopic (exact) mass is 391 g/mol. The maximum absolute atomic E-state index is 12.2. The van der Waals surface area contributed by atoms with E-state index in [4.69, 9.17) is 10.5 Å². The number of carbonyl (C=O) groups excluding carboxylic acids is 1. The van der Waals surface area contributed by atoms with Gasteiger partial charge in [-0.3, -0.25) is 4.99 Å². The summed E-state index contributed by atoms with van der Waals surface area (Å²) >= 11 is 1.66. The smallest absolute Gasteiger partial charge is 0.407 e. The number of nitrogens with two attached hydrogens (primary N) is 1. The maximum atomic E-state index is 12.2. The maximum Gasteiger partial charge on any atom is 0.407 e. The van der Waals surface area contributed by atoms with Crippen molar-refractivity contribution in [2.45, 2.75) is 51.7 Å². The van der Waals surface area contributed by atoms with Crippen molar-refractivity contribution in [3.63, 3.8) is 0 Å². The highest BCUT2D eigenvalue weighted by atomic mass is 32.1. The molecule has 0 saturated heterocycles. The van der Waals surface area contributed by atoms with Crippen molar-refractivity contribution in [3.05, 3.63) is 29.3 Å². The number of hydrogen-bond donors (Lipinski definition) is 3. The number of carbonyl (C=O) groups is 1. The predicted octanol–water partition coefficient (Wildman–Crippen LogP) is 3.05. The first kappa shape index (κ1) is 21.0. The summed E-state index contributed by atoms with van der Waals surface area (Å²) in [7, 11) is 1.64. The molecule has 0 fully saturated rings. The number of guanidine groups is 1. The lowest BCUT2D eigenvalue weighted by Crippen LogP contribution is -2.41. The Morgan fingerprint density at radius 3 is 2.78 bits per heavy atom. The van der Waals surface area contributed by atoms with E-state index in [1.54, 1.807) is 18.4 Å². The number of aliphatic imine (C=N–C) groups is 1. The second-order valence-electron chi connectivity index (χ2n) is 7.30. The average Bonchev–Trinajstić information content (AvgIpc) is 2.98. The zero-order chi connectivity index (χ0) is 19.9. The van der Waals surface area contributed by atoms with E-state index in [1.807, 2.05) is 39.0 Å². The molecule has 27 heavy (non-hydrogen) atoms. The summed E-state index contributed by atoms with van der Waals surface area (Å²) < 4.78 is 6.56. The number of ether oxygens (including phenoxy) is 1. The van der Waals surface area contributed by atoms with Crippen LogP contribution in [0, 0.1) is 0 Å². The van der Waals surface area contributed by atoms with Gasteiger partial charge >= 0.3 is 6.09 Å². The summed E-state index contributed by atoms with van der Waals surface area (Å²) in [4.78, 5) is 20.8. The average molecular weight is 392 g/mol. The fourth-order valence-corrected chi connectivity index (χ4v) is 3.61. The van der Waals surface area contributed by atoms with Gasteiger partial charge in [-0.05, 0) is 45.7 Å². The molecule has 2 rings (SSSR count). The Labute approximate surface area is 164 Å². The normalized spacial score (nSPS) is 13.4. The van der Waals surface area contributed by atoms with Gasteiger partial charge in [-0.1, -0.05) is 12.1 Å². The molecular weight excluding hydrogens is 362 g/mol. The van der Waals surface area contributed by atoms with Crippen molar-refractivity contribution in [2.24, 2.45) is 10.7 Å². The van der Waals surface area contributed by atoms with Crippen LogP contribution in [0.25, 0.3) is 10.2 Å². The van der Waals surface area contributed by atoms with Gasteiger partial charge in [0.2, 0.25) is 0 Å². The number of fused-ring (bicyclic) bond motifs is 1. The number of nitrogens with one attached hydrogen (secondary N) is 2. The topological polar surface area (TPSA) is 102 Å². The summed E-state index contributed by atoms with van der Waals surface area (Å²) in [5.74, 6) is 0.415. The number of benzene rings is 1. The number of rotatable bonds is 7. The quantitative estimate of drug-likeness (QED) is 0.382. The minimum atomic E-state index is -0.530. The van der Waals surface area contributed by atoms with E-state index in [0.29, 0.717) is 18.9 Å². The van der Waals surface area contributed by atoms with Crippen molar-refractivity contribution in [3.8, 4) is 0 Å². The van der Waals surface area contributed by atoms with Crippen LogP contribution >= 0.6 is 11.3 Å². The summed E-state index contributed by atoms with van der Waals surface area (Å²) in [6, 6.07) is 7.98. The van der Waals surface area contributed by atoms with Gasteiger partial charge in [0.15, 0.2) is 5.96 Å². The van der Waals surface area contributed by atoms with E-state index in [2.05, 4.69) is 26.7 Å².